The van der Waals surface area contributed by atoms with Gasteiger partial charge in [0.2, 0.25) is 0 Å². The third-order valence-electron chi connectivity index (χ3n) is 0.609. The molecule has 0 aliphatic carbocycles. The minimum Gasteiger partial charge on any atom is -1.00 e. The standard InChI is InChI=1S/C6H3Br.2FH.2Mg/c7-6-4-2-1-3-5-6;;;;/h1,4-5H;2*1H;;/q-2;;;2*+2/p-2. The molecule has 0 fully saturated rings. The van der Waals surface area contributed by atoms with Gasteiger partial charge in [-0.25, -0.2) is 20.4 Å². The van der Waals surface area contributed by atoms with Crippen LogP contribution in [0.5, 0.6) is 0 Å². The largest absolute Gasteiger partial charge is 2.00 e. The van der Waals surface area contributed by atoms with Gasteiger partial charge in [-0.05, 0) is 0 Å². The van der Waals surface area contributed by atoms with Crippen molar-refractivity contribution in [1.29, 1.82) is 0 Å². The van der Waals surface area contributed by atoms with Gasteiger partial charge in [-0.3, -0.25) is 12.1 Å². The number of hydrogen-bond acceptors (Lipinski definition) is 0. The summed E-state index contributed by atoms with van der Waals surface area (Å²) >= 11 is 3.25. The average Bonchev–Trinajstić information content (AvgIpc) is 1.69. The van der Waals surface area contributed by atoms with Crippen LogP contribution in [0.25, 0.3) is 0 Å². The summed E-state index contributed by atoms with van der Waals surface area (Å²) < 4.78 is 1.02. The molecule has 0 atom stereocenters. The van der Waals surface area contributed by atoms with Crippen LogP contribution in [0.15, 0.2) is 22.7 Å². The molecule has 0 N–H and O–H groups in total. The summed E-state index contributed by atoms with van der Waals surface area (Å²) in [6, 6.07) is 11.1. The predicted molar refractivity (Wildman–Crippen MR) is 43.3 cm³/mol. The summed E-state index contributed by atoms with van der Waals surface area (Å²) in [7, 11) is 0. The van der Waals surface area contributed by atoms with Crippen molar-refractivity contribution in [3.63, 3.8) is 0 Å². The van der Waals surface area contributed by atoms with E-state index < -0.39 is 0 Å². The zero-order valence-electron chi connectivity index (χ0n) is 5.78. The Morgan fingerprint density at radius 2 is 1.36 bits per heavy atom. The normalized spacial score (nSPS) is 5.55. The van der Waals surface area contributed by atoms with E-state index in [1.807, 2.05) is 12.1 Å². The van der Waals surface area contributed by atoms with Crippen LogP contribution in [0.2, 0.25) is 0 Å². The van der Waals surface area contributed by atoms with Gasteiger partial charge in [0.05, 0.1) is 0 Å². The maximum absolute atomic E-state index is 3.25. The van der Waals surface area contributed by atoms with Crippen LogP contribution in [-0.4, -0.2) is 46.1 Å². The topological polar surface area (TPSA) is 0 Å². The average molecular weight is 242 g/mol. The van der Waals surface area contributed by atoms with Gasteiger partial charge in [0.15, 0.2) is 0 Å². The van der Waals surface area contributed by atoms with Crippen molar-refractivity contribution >= 4 is 62.0 Å². The molecular formula is C6H3BrF2Mg2. The van der Waals surface area contributed by atoms with Gasteiger partial charge in [-0.1, -0.05) is 0 Å². The van der Waals surface area contributed by atoms with Crippen molar-refractivity contribution in [3.8, 4) is 0 Å². The van der Waals surface area contributed by atoms with Gasteiger partial charge in [-0.2, -0.15) is 0 Å². The second-order valence-electron chi connectivity index (χ2n) is 1.15. The molecule has 11 heavy (non-hydrogen) atoms. The third kappa shape index (κ3) is 11.1. The summed E-state index contributed by atoms with van der Waals surface area (Å²) in [5.74, 6) is 0. The molecule has 0 aromatic heterocycles. The van der Waals surface area contributed by atoms with E-state index in [0.29, 0.717) is 0 Å². The molecule has 52 valence electrons. The fourth-order valence-electron chi connectivity index (χ4n) is 0.332. The van der Waals surface area contributed by atoms with Crippen molar-refractivity contribution < 1.29 is 9.41 Å². The first-order chi connectivity index (χ1) is 3.39. The van der Waals surface area contributed by atoms with E-state index in [2.05, 4.69) is 28.1 Å². The number of benzene rings is 1. The summed E-state index contributed by atoms with van der Waals surface area (Å²) in [6.45, 7) is 0. The molecule has 0 unspecified atom stereocenters. The minimum absolute atomic E-state index is 0. The van der Waals surface area contributed by atoms with Gasteiger partial charge in [0, 0.05) is 0 Å². The Hall–Kier alpha value is 1.09. The Morgan fingerprint density at radius 3 is 1.55 bits per heavy atom. The third-order valence-corrected chi connectivity index (χ3v) is 1.07. The molecule has 0 heterocycles. The molecule has 0 aliphatic heterocycles. The van der Waals surface area contributed by atoms with E-state index in [1.165, 1.54) is 0 Å². The molecule has 0 amide bonds. The summed E-state index contributed by atoms with van der Waals surface area (Å²) in [4.78, 5) is 0. The molecule has 1 aromatic rings. The SMILES string of the molecule is Brc1c[c-]c[c-]c1.[F-].[F-].[Mg+2].[Mg+2]. The second-order valence-corrected chi connectivity index (χ2v) is 2.07. The minimum atomic E-state index is 0. The molecule has 5 heteroatoms. The van der Waals surface area contributed by atoms with Crippen LogP contribution in [0.3, 0.4) is 0 Å². The summed E-state index contributed by atoms with van der Waals surface area (Å²) in [6.07, 6.45) is 0. The predicted octanol–water partition coefficient (Wildman–Crippen LogP) is -4.70. The Bertz CT molecular complexity index is 149. The first-order valence-corrected chi connectivity index (χ1v) is 2.71. The van der Waals surface area contributed by atoms with Crippen molar-refractivity contribution in [2.24, 2.45) is 0 Å². The van der Waals surface area contributed by atoms with Gasteiger partial charge < -0.3 is 27.6 Å². The van der Waals surface area contributed by atoms with Crippen molar-refractivity contribution in [2.45, 2.75) is 0 Å². The Labute approximate surface area is 105 Å². The number of rotatable bonds is 0. The van der Waals surface area contributed by atoms with Gasteiger partial charge in [-0.15, -0.1) is 0 Å². The monoisotopic (exact) mass is 240 g/mol. The second kappa shape index (κ2) is 13.7. The molecule has 0 bridgehead atoms. The van der Waals surface area contributed by atoms with Crippen molar-refractivity contribution in [3.05, 3.63) is 34.8 Å². The van der Waals surface area contributed by atoms with Crippen LogP contribution in [0.4, 0.5) is 0 Å². The fraction of sp³-hybridized carbons (Fsp3) is 0. The molecule has 0 spiro atoms. The molecule has 0 aliphatic rings. The van der Waals surface area contributed by atoms with E-state index in [9.17, 15) is 0 Å². The maximum atomic E-state index is 3.25. The van der Waals surface area contributed by atoms with Crippen LogP contribution >= 0.6 is 15.9 Å². The fourth-order valence-corrected chi connectivity index (χ4v) is 0.597. The van der Waals surface area contributed by atoms with Gasteiger partial charge in [0.25, 0.3) is 0 Å². The molecular weight excluding hydrogens is 239 g/mol. The van der Waals surface area contributed by atoms with E-state index in [-0.39, 0.29) is 55.5 Å². The Balaban J connectivity index is -0.0000000612. The maximum Gasteiger partial charge on any atom is 2.00 e. The van der Waals surface area contributed by atoms with Crippen LogP contribution in [0.1, 0.15) is 0 Å². The van der Waals surface area contributed by atoms with Crippen molar-refractivity contribution in [2.75, 3.05) is 0 Å². The van der Waals surface area contributed by atoms with Crippen LogP contribution in [0, 0.1) is 12.1 Å². The smallest absolute Gasteiger partial charge is 1.00 e. The Morgan fingerprint density at radius 1 is 1.00 bits per heavy atom. The van der Waals surface area contributed by atoms with E-state index in [1.54, 1.807) is 6.07 Å². The molecule has 1 rings (SSSR count). The summed E-state index contributed by atoms with van der Waals surface area (Å²) in [5, 5.41) is 0. The van der Waals surface area contributed by atoms with Crippen LogP contribution < -0.4 is 9.41 Å². The first-order valence-electron chi connectivity index (χ1n) is 1.92. The quantitative estimate of drug-likeness (QED) is 0.316. The molecule has 0 radical (unpaired) electrons. The van der Waals surface area contributed by atoms with E-state index in [0.717, 1.165) is 4.47 Å². The molecule has 0 nitrogen and oxygen atoms in total. The van der Waals surface area contributed by atoms with E-state index >= 15 is 0 Å². The number of hydrogen-bond donors (Lipinski definition) is 0. The van der Waals surface area contributed by atoms with Gasteiger partial charge in [0.1, 0.15) is 0 Å². The molecule has 1 aromatic carbocycles. The van der Waals surface area contributed by atoms with Crippen LogP contribution in [-0.2, 0) is 0 Å². The van der Waals surface area contributed by atoms with Gasteiger partial charge >= 0.3 is 46.1 Å². The first kappa shape index (κ1) is 22.7. The zero-order valence-corrected chi connectivity index (χ0v) is 10.2. The number of halogens is 3. The van der Waals surface area contributed by atoms with Crippen molar-refractivity contribution in [1.82, 2.24) is 0 Å². The Kier molecular flexibility index (Phi) is 28.2. The van der Waals surface area contributed by atoms with E-state index in [4.69, 9.17) is 0 Å². The zero-order chi connectivity index (χ0) is 5.11. The molecule has 0 saturated heterocycles. The molecule has 0 saturated carbocycles. The summed E-state index contributed by atoms with van der Waals surface area (Å²) in [5.41, 5.74) is 0.